The van der Waals surface area contributed by atoms with Gasteiger partial charge < -0.3 is 38.6 Å². The van der Waals surface area contributed by atoms with Gasteiger partial charge in [0.2, 0.25) is 0 Å². The fourth-order valence-electron chi connectivity index (χ4n) is 8.15. The van der Waals surface area contributed by atoms with Gasteiger partial charge in [0.25, 0.3) is 0 Å². The number of rotatable bonds is 34. The maximum Gasteiger partial charge on any atom is 0.343 e. The molecule has 0 atom stereocenters. The summed E-state index contributed by atoms with van der Waals surface area (Å²) in [5, 5.41) is 21.7. The molecule has 12 nitrogen and oxygen atoms in total. The molecule has 0 bridgehead atoms. The van der Waals surface area contributed by atoms with Crippen LogP contribution in [0.25, 0.3) is 33.5 Å². The first kappa shape index (κ1) is 56.5. The topological polar surface area (TPSA) is 151 Å². The molecule has 0 unspecified atom stereocenters. The Labute approximate surface area is 439 Å². The lowest BCUT2D eigenvalue weighted by molar-refractivity contribution is 0.0734. The van der Waals surface area contributed by atoms with Crippen molar-refractivity contribution in [1.82, 2.24) is 9.97 Å². The summed E-state index contributed by atoms with van der Waals surface area (Å²) in [5.41, 5.74) is 4.69. The monoisotopic (exact) mass is 1010 g/mol. The van der Waals surface area contributed by atoms with E-state index in [-0.39, 0.29) is 22.8 Å². The zero-order valence-corrected chi connectivity index (χ0v) is 44.6. The zero-order valence-electron chi connectivity index (χ0n) is 44.6. The number of phenols is 2. The summed E-state index contributed by atoms with van der Waals surface area (Å²) in [4.78, 5) is 28.6. The number of hydrogen-bond acceptors (Lipinski definition) is 12. The SMILES string of the molecule is CCCCCCCCCCCCOc1ccc(N=Cc2ccc(OC(=O)c3ccc4nc(-c5ccc(OCCCC)c(OCCCC)c5)c(-c5ccc(OCCCC)c(OCCCC)c5)nc4c3)cc2O)c(O)c1. The molecule has 0 saturated carbocycles. The Kier molecular flexibility index (Phi) is 23.7. The summed E-state index contributed by atoms with van der Waals surface area (Å²) in [6.07, 6.45) is 21.6. The van der Waals surface area contributed by atoms with Crippen molar-refractivity contribution in [2.75, 3.05) is 33.0 Å². The Morgan fingerprint density at radius 1 is 0.459 bits per heavy atom. The van der Waals surface area contributed by atoms with E-state index < -0.39 is 5.97 Å². The van der Waals surface area contributed by atoms with Gasteiger partial charge in [0.15, 0.2) is 23.0 Å². The Hall–Kier alpha value is -6.82. The van der Waals surface area contributed by atoms with Crippen molar-refractivity contribution in [3.63, 3.8) is 0 Å². The van der Waals surface area contributed by atoms with E-state index in [4.69, 9.17) is 38.4 Å². The van der Waals surface area contributed by atoms with Gasteiger partial charge in [-0.3, -0.25) is 4.99 Å². The van der Waals surface area contributed by atoms with E-state index in [2.05, 4.69) is 39.6 Å². The van der Waals surface area contributed by atoms with Gasteiger partial charge >= 0.3 is 5.97 Å². The lowest BCUT2D eigenvalue weighted by Gasteiger charge is -2.17. The molecule has 0 aliphatic carbocycles. The molecule has 396 valence electrons. The molecule has 12 heteroatoms. The number of aromatic nitrogens is 2. The van der Waals surface area contributed by atoms with Crippen molar-refractivity contribution in [3.05, 3.63) is 102 Å². The van der Waals surface area contributed by atoms with Crippen molar-refractivity contribution < 1.29 is 43.4 Å². The number of carbonyl (C=O) groups is 1. The van der Waals surface area contributed by atoms with E-state index in [0.717, 1.165) is 75.3 Å². The molecule has 1 heterocycles. The van der Waals surface area contributed by atoms with Crippen molar-refractivity contribution in [2.24, 2.45) is 4.99 Å². The van der Waals surface area contributed by atoms with Crippen LogP contribution in [0.2, 0.25) is 0 Å². The second-order valence-electron chi connectivity index (χ2n) is 18.8. The van der Waals surface area contributed by atoms with Crippen molar-refractivity contribution in [1.29, 1.82) is 0 Å². The first-order valence-electron chi connectivity index (χ1n) is 27.4. The van der Waals surface area contributed by atoms with E-state index in [9.17, 15) is 15.0 Å². The zero-order chi connectivity index (χ0) is 52.3. The van der Waals surface area contributed by atoms with Crippen LogP contribution < -0.4 is 28.4 Å². The second kappa shape index (κ2) is 31.0. The van der Waals surface area contributed by atoms with E-state index >= 15 is 0 Å². The van der Waals surface area contributed by atoms with Crippen molar-refractivity contribution in [2.45, 2.75) is 150 Å². The number of carbonyl (C=O) groups excluding carboxylic acids is 1. The van der Waals surface area contributed by atoms with Crippen LogP contribution in [0, 0.1) is 0 Å². The average molecular weight is 1010 g/mol. The predicted octanol–water partition coefficient (Wildman–Crippen LogP) is 16.4. The van der Waals surface area contributed by atoms with Gasteiger partial charge in [-0.25, -0.2) is 14.8 Å². The van der Waals surface area contributed by atoms with Gasteiger partial charge in [-0.15, -0.1) is 0 Å². The van der Waals surface area contributed by atoms with Crippen LogP contribution in [0.3, 0.4) is 0 Å². The highest BCUT2D eigenvalue weighted by Gasteiger charge is 2.20. The number of esters is 1. The molecule has 0 spiro atoms. The largest absolute Gasteiger partial charge is 0.507 e. The fraction of sp³-hybridized carbons (Fsp3) is 0.452. The highest BCUT2D eigenvalue weighted by atomic mass is 16.5. The van der Waals surface area contributed by atoms with E-state index in [1.807, 2.05) is 36.4 Å². The fourth-order valence-corrected chi connectivity index (χ4v) is 8.15. The third kappa shape index (κ3) is 17.4. The third-order valence-electron chi connectivity index (χ3n) is 12.6. The molecule has 0 saturated heterocycles. The second-order valence-corrected chi connectivity index (χ2v) is 18.8. The predicted molar refractivity (Wildman–Crippen MR) is 298 cm³/mol. The lowest BCUT2D eigenvalue weighted by Crippen LogP contribution is -2.09. The molecule has 6 aromatic rings. The first-order chi connectivity index (χ1) is 36.2. The minimum atomic E-state index is -0.645. The number of aromatic hydroxyl groups is 2. The summed E-state index contributed by atoms with van der Waals surface area (Å²) < 4.78 is 36.7. The summed E-state index contributed by atoms with van der Waals surface area (Å²) >= 11 is 0. The quantitative estimate of drug-likeness (QED) is 0.0172. The van der Waals surface area contributed by atoms with Gasteiger partial charge in [0.05, 0.1) is 61.0 Å². The number of hydrogen-bond donors (Lipinski definition) is 2. The highest BCUT2D eigenvalue weighted by molar-refractivity contribution is 5.96. The summed E-state index contributed by atoms with van der Waals surface area (Å²) in [6.45, 7) is 13.6. The number of benzene rings is 5. The molecular formula is C62H79N3O9. The number of unbranched alkanes of at least 4 members (excludes halogenated alkanes) is 13. The molecule has 0 fully saturated rings. The minimum Gasteiger partial charge on any atom is -0.507 e. The van der Waals surface area contributed by atoms with Gasteiger partial charge in [-0.2, -0.15) is 0 Å². The normalized spacial score (nSPS) is 11.3. The number of ether oxygens (including phenoxy) is 6. The van der Waals surface area contributed by atoms with Crippen molar-refractivity contribution in [3.8, 4) is 68.5 Å². The summed E-state index contributed by atoms with van der Waals surface area (Å²) in [5.74, 6) is 2.46. The van der Waals surface area contributed by atoms with Crippen LogP contribution in [0.5, 0.6) is 46.0 Å². The van der Waals surface area contributed by atoms with Gasteiger partial charge in [-0.05, 0) is 111 Å². The summed E-state index contributed by atoms with van der Waals surface area (Å²) in [6, 6.07) is 26.3. The van der Waals surface area contributed by atoms with Gasteiger partial charge in [-0.1, -0.05) is 118 Å². The van der Waals surface area contributed by atoms with E-state index in [0.29, 0.717) is 95.5 Å². The Morgan fingerprint density at radius 3 is 1.49 bits per heavy atom. The van der Waals surface area contributed by atoms with Gasteiger partial charge in [0.1, 0.15) is 28.7 Å². The average Bonchev–Trinajstić information content (AvgIpc) is 3.40. The molecule has 0 aliphatic rings. The van der Waals surface area contributed by atoms with Gasteiger partial charge in [0, 0.05) is 35.0 Å². The van der Waals surface area contributed by atoms with E-state index in [1.165, 1.54) is 63.6 Å². The Balaban J connectivity index is 1.19. The summed E-state index contributed by atoms with van der Waals surface area (Å²) in [7, 11) is 0. The van der Waals surface area contributed by atoms with Crippen LogP contribution in [0.1, 0.15) is 166 Å². The molecule has 0 aliphatic heterocycles. The number of nitrogens with zero attached hydrogens (tertiary/aromatic N) is 3. The maximum absolute atomic E-state index is 13.8. The number of fused-ring (bicyclic) bond motifs is 1. The van der Waals surface area contributed by atoms with Crippen LogP contribution in [0.4, 0.5) is 5.69 Å². The molecule has 2 N–H and O–H groups in total. The molecular weight excluding hydrogens is 931 g/mol. The lowest BCUT2D eigenvalue weighted by atomic mass is 10.0. The Bertz CT molecular complexity index is 2700. The molecule has 5 aromatic carbocycles. The number of phenolic OH excluding ortho intramolecular Hbond substituents is 2. The molecule has 1 aromatic heterocycles. The smallest absolute Gasteiger partial charge is 0.343 e. The van der Waals surface area contributed by atoms with Crippen LogP contribution in [-0.2, 0) is 0 Å². The number of aliphatic imine (C=N–C) groups is 1. The van der Waals surface area contributed by atoms with Crippen LogP contribution in [-0.4, -0.2) is 65.4 Å². The molecule has 6 rings (SSSR count). The molecule has 0 radical (unpaired) electrons. The van der Waals surface area contributed by atoms with Crippen LogP contribution in [0.15, 0.2) is 96.0 Å². The Morgan fingerprint density at radius 2 is 0.946 bits per heavy atom. The maximum atomic E-state index is 13.8. The highest BCUT2D eigenvalue weighted by Crippen LogP contribution is 2.40. The third-order valence-corrected chi connectivity index (χ3v) is 12.6. The standard InChI is InChI=1S/C62H79N3O9/c1-6-11-16-17-18-19-20-21-22-23-38-69-49-29-31-52(55(67)42-49)63-44-48-24-28-50(43-54(48)66)74-62(68)47-25-30-51-53(39-47)65-61(46-27-33-57(71-35-13-8-3)59(41-46)73-37-15-10-5)60(64-51)45-26-32-56(70-34-12-7-2)58(40-45)72-36-14-9-4/h24-33,39-44,66-67H,6-23,34-38H2,1-5H3. The minimum absolute atomic E-state index is 0.0368. The molecule has 74 heavy (non-hydrogen) atoms. The van der Waals surface area contributed by atoms with Crippen LogP contribution >= 0.6 is 0 Å². The molecule has 0 amide bonds. The van der Waals surface area contributed by atoms with E-state index in [1.54, 1.807) is 48.5 Å². The van der Waals surface area contributed by atoms with Crippen molar-refractivity contribution >= 4 is 28.9 Å². The first-order valence-corrected chi connectivity index (χ1v) is 27.4.